The molecule has 0 spiro atoms. The van der Waals surface area contributed by atoms with E-state index in [0.29, 0.717) is 18.0 Å². The lowest BCUT2D eigenvalue weighted by molar-refractivity contribution is -0.123. The number of nitrogens with two attached hydrogens (primary N) is 1. The predicted octanol–water partition coefficient (Wildman–Crippen LogP) is 1.67. The van der Waals surface area contributed by atoms with Crippen molar-refractivity contribution in [1.29, 1.82) is 0 Å². The third kappa shape index (κ3) is 3.55. The number of hydrogen-bond donors (Lipinski definition) is 1. The number of hydrazone groups is 1. The van der Waals surface area contributed by atoms with Gasteiger partial charge in [-0.15, -0.1) is 0 Å². The summed E-state index contributed by atoms with van der Waals surface area (Å²) < 4.78 is 5.50. The van der Waals surface area contributed by atoms with Crippen LogP contribution in [0.2, 0.25) is 0 Å². The highest BCUT2D eigenvalue weighted by atomic mass is 16.3. The molecule has 1 aliphatic heterocycles. The van der Waals surface area contributed by atoms with E-state index in [9.17, 15) is 9.59 Å². The lowest BCUT2D eigenvalue weighted by Gasteiger charge is -2.20. The Kier molecular flexibility index (Phi) is 4.56. The molecular formula is C18H20N4O3. The number of primary amides is 1. The Hall–Kier alpha value is -3.09. The maximum atomic E-state index is 12.7. The van der Waals surface area contributed by atoms with Crippen LogP contribution in [0.4, 0.5) is 5.69 Å². The number of rotatable bonds is 5. The van der Waals surface area contributed by atoms with Crippen LogP contribution in [0.3, 0.4) is 0 Å². The highest BCUT2D eigenvalue weighted by Gasteiger charge is 2.35. The van der Waals surface area contributed by atoms with Gasteiger partial charge >= 0.3 is 0 Å². The second-order valence-electron chi connectivity index (χ2n) is 6.02. The van der Waals surface area contributed by atoms with Crippen molar-refractivity contribution in [3.8, 4) is 0 Å². The van der Waals surface area contributed by atoms with E-state index in [-0.39, 0.29) is 12.3 Å². The molecule has 0 bridgehead atoms. The van der Waals surface area contributed by atoms with E-state index in [1.54, 1.807) is 7.05 Å². The van der Waals surface area contributed by atoms with Gasteiger partial charge in [0.15, 0.2) is 0 Å². The molecule has 2 heterocycles. The summed E-state index contributed by atoms with van der Waals surface area (Å²) in [7, 11) is 1.67. The molecule has 1 aromatic carbocycles. The molecule has 1 aliphatic rings. The molecule has 1 aromatic heterocycles. The first kappa shape index (κ1) is 16.8. The Labute approximate surface area is 145 Å². The average molecular weight is 340 g/mol. The zero-order chi connectivity index (χ0) is 18.0. The van der Waals surface area contributed by atoms with Gasteiger partial charge in [0.2, 0.25) is 5.91 Å². The minimum atomic E-state index is -0.666. The standard InChI is InChI=1S/C18H20N4O3/c1-12-8-9-14(25-12)11-21(2)18(24)15-10-16(17(19)23)22(20-15)13-6-4-3-5-7-13/h3-9,16H,10-11H2,1-2H3,(H2,19,23)/t16-/m1/s1. The van der Waals surface area contributed by atoms with Crippen LogP contribution in [0.15, 0.2) is 52.0 Å². The van der Waals surface area contributed by atoms with Crippen LogP contribution in [-0.2, 0) is 16.1 Å². The third-order valence-corrected chi connectivity index (χ3v) is 4.04. The van der Waals surface area contributed by atoms with Gasteiger partial charge < -0.3 is 15.1 Å². The van der Waals surface area contributed by atoms with Gasteiger partial charge in [-0.25, -0.2) is 0 Å². The molecule has 0 fully saturated rings. The number of anilines is 1. The van der Waals surface area contributed by atoms with Crippen LogP contribution in [0, 0.1) is 6.92 Å². The molecule has 3 rings (SSSR count). The largest absolute Gasteiger partial charge is 0.464 e. The molecule has 0 aliphatic carbocycles. The zero-order valence-corrected chi connectivity index (χ0v) is 14.2. The molecule has 7 nitrogen and oxygen atoms in total. The first-order valence-electron chi connectivity index (χ1n) is 7.97. The summed E-state index contributed by atoms with van der Waals surface area (Å²) >= 11 is 0. The molecule has 0 saturated carbocycles. The van der Waals surface area contributed by atoms with E-state index in [0.717, 1.165) is 11.4 Å². The van der Waals surface area contributed by atoms with Crippen molar-refractivity contribution in [2.75, 3.05) is 12.1 Å². The number of amides is 2. The second-order valence-corrected chi connectivity index (χ2v) is 6.02. The van der Waals surface area contributed by atoms with Crippen LogP contribution >= 0.6 is 0 Å². The van der Waals surface area contributed by atoms with Gasteiger partial charge in [-0.2, -0.15) is 5.10 Å². The Balaban J connectivity index is 1.78. The topological polar surface area (TPSA) is 92.1 Å². The lowest BCUT2D eigenvalue weighted by Crippen LogP contribution is -2.40. The first-order chi connectivity index (χ1) is 12.0. The van der Waals surface area contributed by atoms with Crippen LogP contribution < -0.4 is 10.7 Å². The lowest BCUT2D eigenvalue weighted by atomic mass is 10.1. The van der Waals surface area contributed by atoms with Crippen molar-refractivity contribution in [3.05, 3.63) is 54.0 Å². The summed E-state index contributed by atoms with van der Waals surface area (Å²) in [5.74, 6) is 0.717. The SMILES string of the molecule is Cc1ccc(CN(C)C(=O)C2=NN(c3ccccc3)[C@@H](C(N)=O)C2)o1. The van der Waals surface area contributed by atoms with E-state index in [4.69, 9.17) is 10.2 Å². The first-order valence-corrected chi connectivity index (χ1v) is 7.97. The second kappa shape index (κ2) is 6.80. The fourth-order valence-corrected chi connectivity index (χ4v) is 2.78. The van der Waals surface area contributed by atoms with Crippen molar-refractivity contribution in [2.45, 2.75) is 25.9 Å². The molecule has 0 radical (unpaired) electrons. The van der Waals surface area contributed by atoms with E-state index in [1.807, 2.05) is 49.4 Å². The molecule has 7 heteroatoms. The Bertz CT molecular complexity index is 813. The molecule has 1 atom stereocenters. The molecule has 2 N–H and O–H groups in total. The smallest absolute Gasteiger partial charge is 0.270 e. The number of benzene rings is 1. The van der Waals surface area contributed by atoms with Crippen LogP contribution in [0.25, 0.3) is 0 Å². The van der Waals surface area contributed by atoms with Gasteiger partial charge in [-0.3, -0.25) is 14.6 Å². The van der Waals surface area contributed by atoms with Gasteiger partial charge in [-0.05, 0) is 31.2 Å². The van der Waals surface area contributed by atoms with Gasteiger partial charge in [0, 0.05) is 13.5 Å². The van der Waals surface area contributed by atoms with E-state index in [1.165, 1.54) is 9.91 Å². The van der Waals surface area contributed by atoms with E-state index in [2.05, 4.69) is 5.10 Å². The predicted molar refractivity (Wildman–Crippen MR) is 93.9 cm³/mol. The fraction of sp³-hybridized carbons (Fsp3) is 0.278. The highest BCUT2D eigenvalue weighted by molar-refractivity contribution is 6.40. The Morgan fingerprint density at radius 2 is 2.00 bits per heavy atom. The van der Waals surface area contributed by atoms with Crippen molar-refractivity contribution in [2.24, 2.45) is 10.8 Å². The summed E-state index contributed by atoms with van der Waals surface area (Å²) in [6.07, 6.45) is 0.185. The summed E-state index contributed by atoms with van der Waals surface area (Å²) in [5, 5.41) is 5.87. The van der Waals surface area contributed by atoms with E-state index < -0.39 is 11.9 Å². The van der Waals surface area contributed by atoms with Crippen molar-refractivity contribution >= 4 is 23.2 Å². The molecule has 2 amide bonds. The molecule has 130 valence electrons. The van der Waals surface area contributed by atoms with Crippen molar-refractivity contribution < 1.29 is 14.0 Å². The van der Waals surface area contributed by atoms with Gasteiger partial charge in [0.25, 0.3) is 5.91 Å². The molecule has 25 heavy (non-hydrogen) atoms. The summed E-state index contributed by atoms with van der Waals surface area (Å²) in [6, 6.07) is 12.2. The number of para-hydroxylation sites is 1. The Morgan fingerprint density at radius 1 is 1.28 bits per heavy atom. The summed E-state index contributed by atoms with van der Waals surface area (Å²) in [6.45, 7) is 2.18. The zero-order valence-electron chi connectivity index (χ0n) is 14.2. The molecule has 2 aromatic rings. The Morgan fingerprint density at radius 3 is 2.60 bits per heavy atom. The molecular weight excluding hydrogens is 320 g/mol. The molecule has 0 saturated heterocycles. The number of aryl methyl sites for hydroxylation is 1. The number of furan rings is 1. The van der Waals surface area contributed by atoms with Gasteiger partial charge in [0.05, 0.1) is 12.2 Å². The maximum absolute atomic E-state index is 12.7. The molecule has 0 unspecified atom stereocenters. The quantitative estimate of drug-likeness (QED) is 0.896. The monoisotopic (exact) mass is 340 g/mol. The number of carbonyl (C=O) groups excluding carboxylic acids is 2. The number of carbonyl (C=O) groups is 2. The van der Waals surface area contributed by atoms with Crippen molar-refractivity contribution in [1.82, 2.24) is 4.90 Å². The minimum Gasteiger partial charge on any atom is -0.464 e. The van der Waals surface area contributed by atoms with Crippen molar-refractivity contribution in [3.63, 3.8) is 0 Å². The highest BCUT2D eigenvalue weighted by Crippen LogP contribution is 2.25. The minimum absolute atomic E-state index is 0.185. The average Bonchev–Trinajstić information content (AvgIpc) is 3.21. The number of hydrogen-bond acceptors (Lipinski definition) is 5. The summed E-state index contributed by atoms with van der Waals surface area (Å²) in [4.78, 5) is 26.0. The van der Waals surface area contributed by atoms with Crippen LogP contribution in [-0.4, -0.2) is 35.5 Å². The third-order valence-electron chi connectivity index (χ3n) is 4.04. The van der Waals surface area contributed by atoms with Gasteiger partial charge in [-0.1, -0.05) is 18.2 Å². The van der Waals surface area contributed by atoms with Gasteiger partial charge in [0.1, 0.15) is 23.3 Å². The van der Waals surface area contributed by atoms with Crippen LogP contribution in [0.1, 0.15) is 17.9 Å². The van der Waals surface area contributed by atoms with E-state index >= 15 is 0 Å². The van der Waals surface area contributed by atoms with Crippen LogP contribution in [0.5, 0.6) is 0 Å². The summed E-state index contributed by atoms with van der Waals surface area (Å²) in [5.41, 5.74) is 6.52. The normalized spacial score (nSPS) is 16.6. The number of nitrogens with zero attached hydrogens (tertiary/aromatic N) is 3. The fourth-order valence-electron chi connectivity index (χ4n) is 2.78. The maximum Gasteiger partial charge on any atom is 0.270 e.